The Hall–Kier alpha value is -3.40. The monoisotopic (exact) mass is 321 g/mol. The predicted octanol–water partition coefficient (Wildman–Crippen LogP) is 0.298. The van der Waals surface area contributed by atoms with E-state index in [4.69, 9.17) is 0 Å². The van der Waals surface area contributed by atoms with E-state index in [1.165, 1.54) is 21.8 Å². The molecule has 0 bridgehead atoms. The lowest BCUT2D eigenvalue weighted by molar-refractivity contribution is -0.121. The third-order valence-electron chi connectivity index (χ3n) is 3.41. The summed E-state index contributed by atoms with van der Waals surface area (Å²) in [6.45, 7) is 0.106. The van der Waals surface area contributed by atoms with Crippen molar-refractivity contribution in [2.75, 3.05) is 6.54 Å². The average Bonchev–Trinajstić information content (AvgIpc) is 2.97. The van der Waals surface area contributed by atoms with Crippen molar-refractivity contribution in [1.82, 2.24) is 24.6 Å². The van der Waals surface area contributed by atoms with Crippen LogP contribution in [0, 0.1) is 11.8 Å². The van der Waals surface area contributed by atoms with Crippen LogP contribution in [0.3, 0.4) is 0 Å². The number of carbonyl (C=O) groups excluding carboxylic acids is 1. The first kappa shape index (κ1) is 15.5. The number of aromatic nitrogens is 4. The van der Waals surface area contributed by atoms with Crippen molar-refractivity contribution < 1.29 is 4.79 Å². The van der Waals surface area contributed by atoms with Crippen molar-refractivity contribution in [1.29, 1.82) is 0 Å². The highest BCUT2D eigenvalue weighted by Gasteiger charge is 2.10. The summed E-state index contributed by atoms with van der Waals surface area (Å²) in [5, 5.41) is 7.04. The molecule has 3 aromatic rings. The zero-order chi connectivity index (χ0) is 16.9. The first-order valence-corrected chi connectivity index (χ1v) is 7.33. The van der Waals surface area contributed by atoms with Gasteiger partial charge in [0, 0.05) is 12.6 Å². The molecule has 3 rings (SSSR count). The van der Waals surface area contributed by atoms with E-state index in [2.05, 4.69) is 27.2 Å². The van der Waals surface area contributed by atoms with Crippen molar-refractivity contribution in [3.05, 3.63) is 58.8 Å². The number of hydrogen-bond acceptors (Lipinski definition) is 4. The molecule has 7 nitrogen and oxygen atoms in total. The molecule has 0 saturated carbocycles. The summed E-state index contributed by atoms with van der Waals surface area (Å²) >= 11 is 0. The number of nitrogens with zero attached hydrogens (tertiary/aromatic N) is 4. The van der Waals surface area contributed by atoms with Crippen LogP contribution in [-0.2, 0) is 18.4 Å². The van der Waals surface area contributed by atoms with Crippen molar-refractivity contribution in [2.45, 2.75) is 6.54 Å². The Balaban J connectivity index is 1.62. The van der Waals surface area contributed by atoms with Gasteiger partial charge in [-0.15, -0.1) is 0 Å². The van der Waals surface area contributed by atoms with Gasteiger partial charge in [0.15, 0.2) is 5.65 Å². The van der Waals surface area contributed by atoms with Gasteiger partial charge in [0.25, 0.3) is 5.56 Å². The Morgan fingerprint density at radius 3 is 2.88 bits per heavy atom. The minimum atomic E-state index is -0.301. The number of aryl methyl sites for hydroxylation is 1. The van der Waals surface area contributed by atoms with Crippen LogP contribution in [0.2, 0.25) is 0 Å². The van der Waals surface area contributed by atoms with Crippen molar-refractivity contribution >= 4 is 16.9 Å². The normalized spacial score (nSPS) is 10.2. The van der Waals surface area contributed by atoms with Gasteiger partial charge in [-0.1, -0.05) is 30.0 Å². The fourth-order valence-corrected chi connectivity index (χ4v) is 2.20. The zero-order valence-electron chi connectivity index (χ0n) is 13.1. The second-order valence-electron chi connectivity index (χ2n) is 5.13. The molecule has 2 aromatic heterocycles. The van der Waals surface area contributed by atoms with Gasteiger partial charge in [0.2, 0.25) is 5.91 Å². The molecule has 1 N–H and O–H groups in total. The van der Waals surface area contributed by atoms with Gasteiger partial charge in [-0.2, -0.15) is 5.10 Å². The molecule has 24 heavy (non-hydrogen) atoms. The maximum Gasteiger partial charge on any atom is 0.264 e. The van der Waals surface area contributed by atoms with Crippen LogP contribution < -0.4 is 10.9 Å². The summed E-state index contributed by atoms with van der Waals surface area (Å²) in [4.78, 5) is 28.3. The van der Waals surface area contributed by atoms with Crippen molar-refractivity contribution in [2.24, 2.45) is 7.05 Å². The Morgan fingerprint density at radius 2 is 2.08 bits per heavy atom. The number of fused-ring (bicyclic) bond motifs is 1. The van der Waals surface area contributed by atoms with E-state index in [-0.39, 0.29) is 24.6 Å². The maximum absolute atomic E-state index is 12.3. The molecule has 0 saturated heterocycles. The molecule has 0 radical (unpaired) electrons. The van der Waals surface area contributed by atoms with E-state index in [1.54, 1.807) is 7.05 Å². The summed E-state index contributed by atoms with van der Waals surface area (Å²) in [5.74, 6) is 5.51. The van der Waals surface area contributed by atoms with E-state index in [0.29, 0.717) is 11.0 Å². The molecular formula is C17H15N5O2. The highest BCUT2D eigenvalue weighted by atomic mass is 16.2. The molecule has 1 aromatic carbocycles. The van der Waals surface area contributed by atoms with E-state index in [1.807, 2.05) is 30.3 Å². The van der Waals surface area contributed by atoms with Crippen molar-refractivity contribution in [3.8, 4) is 11.8 Å². The number of hydrogen-bond donors (Lipinski definition) is 1. The number of carbonyl (C=O) groups is 1. The van der Waals surface area contributed by atoms with E-state index >= 15 is 0 Å². The number of benzene rings is 1. The molecule has 2 heterocycles. The highest BCUT2D eigenvalue weighted by Crippen LogP contribution is 2.02. The van der Waals surface area contributed by atoms with Crippen LogP contribution in [0.25, 0.3) is 11.0 Å². The second kappa shape index (κ2) is 6.79. The lowest BCUT2D eigenvalue weighted by atomic mass is 10.2. The molecule has 0 spiro atoms. The van der Waals surface area contributed by atoms with E-state index < -0.39 is 0 Å². The number of rotatable bonds is 3. The summed E-state index contributed by atoms with van der Waals surface area (Å²) in [6, 6.07) is 9.50. The molecule has 120 valence electrons. The van der Waals surface area contributed by atoms with Crippen molar-refractivity contribution in [3.63, 3.8) is 0 Å². The van der Waals surface area contributed by atoms with Gasteiger partial charge in [-0.3, -0.25) is 18.8 Å². The van der Waals surface area contributed by atoms with Crippen LogP contribution in [0.4, 0.5) is 0 Å². The maximum atomic E-state index is 12.3. The summed E-state index contributed by atoms with van der Waals surface area (Å²) in [5.41, 5.74) is 1.08. The largest absolute Gasteiger partial charge is 0.344 e. The van der Waals surface area contributed by atoms with Gasteiger partial charge in [-0.25, -0.2) is 4.98 Å². The smallest absolute Gasteiger partial charge is 0.264 e. The first-order chi connectivity index (χ1) is 11.6. The second-order valence-corrected chi connectivity index (χ2v) is 5.13. The molecule has 0 fully saturated rings. The Kier molecular flexibility index (Phi) is 4.38. The summed E-state index contributed by atoms with van der Waals surface area (Å²) < 4.78 is 2.77. The third kappa shape index (κ3) is 3.33. The van der Waals surface area contributed by atoms with Gasteiger partial charge in [-0.05, 0) is 12.1 Å². The minimum Gasteiger partial charge on any atom is -0.344 e. The molecule has 0 aliphatic rings. The molecule has 0 unspecified atom stereocenters. The average molecular weight is 321 g/mol. The number of amides is 1. The van der Waals surface area contributed by atoms with Crippen LogP contribution in [-0.4, -0.2) is 31.8 Å². The van der Waals surface area contributed by atoms with Crippen LogP contribution in [0.5, 0.6) is 0 Å². The molecule has 1 amide bonds. The summed E-state index contributed by atoms with van der Waals surface area (Å²) in [7, 11) is 1.71. The van der Waals surface area contributed by atoms with Crippen LogP contribution in [0.15, 0.2) is 47.7 Å². The lowest BCUT2D eigenvalue weighted by Crippen LogP contribution is -2.32. The fraction of sp³-hybridized carbons (Fsp3) is 0.176. The topological polar surface area (TPSA) is 81.8 Å². The lowest BCUT2D eigenvalue weighted by Gasteiger charge is -2.05. The molecule has 0 aliphatic heterocycles. The van der Waals surface area contributed by atoms with E-state index in [9.17, 15) is 9.59 Å². The van der Waals surface area contributed by atoms with Gasteiger partial charge in [0.05, 0.1) is 12.7 Å². The number of nitrogens with one attached hydrogen (secondary N) is 1. The van der Waals surface area contributed by atoms with Gasteiger partial charge in [0.1, 0.15) is 18.3 Å². The Bertz CT molecular complexity index is 992. The molecule has 7 heteroatoms. The Labute approximate surface area is 137 Å². The van der Waals surface area contributed by atoms with Crippen LogP contribution in [0.1, 0.15) is 5.56 Å². The minimum absolute atomic E-state index is 0.107. The quantitative estimate of drug-likeness (QED) is 0.703. The standard InChI is InChI=1S/C17H15N5O2/c1-21-16-14(10-20-21)17(24)22(12-19-16)11-15(23)18-9-5-8-13-6-3-2-4-7-13/h2-4,6-7,10,12H,9,11H2,1H3,(H,18,23). The fourth-order valence-electron chi connectivity index (χ4n) is 2.20. The summed E-state index contributed by atoms with van der Waals surface area (Å²) in [6.07, 6.45) is 2.80. The molecule has 0 aliphatic carbocycles. The zero-order valence-corrected chi connectivity index (χ0v) is 13.1. The SMILES string of the molecule is Cn1ncc2c(=O)n(CC(=O)NCC#Cc3ccccc3)cnc21. The third-order valence-corrected chi connectivity index (χ3v) is 3.41. The van der Waals surface area contributed by atoms with E-state index in [0.717, 1.165) is 5.56 Å². The predicted molar refractivity (Wildman–Crippen MR) is 89.1 cm³/mol. The molecule has 0 atom stereocenters. The Morgan fingerprint density at radius 1 is 1.29 bits per heavy atom. The highest BCUT2D eigenvalue weighted by molar-refractivity contribution is 5.77. The van der Waals surface area contributed by atoms with Gasteiger partial charge < -0.3 is 5.32 Å². The first-order valence-electron chi connectivity index (χ1n) is 7.33. The van der Waals surface area contributed by atoms with Crippen LogP contribution >= 0.6 is 0 Å². The van der Waals surface area contributed by atoms with Gasteiger partial charge >= 0.3 is 0 Å². The molecular weight excluding hydrogens is 306 g/mol.